The average Bonchev–Trinajstić information content (AvgIpc) is 3.18. The van der Waals surface area contributed by atoms with E-state index in [1.165, 1.54) is 22.1 Å². The molecular weight excluding hydrogens is 394 g/mol. The van der Waals surface area contributed by atoms with Gasteiger partial charge in [-0.25, -0.2) is 13.4 Å². The molecule has 0 saturated heterocycles. The lowest BCUT2D eigenvalue weighted by Gasteiger charge is -2.19. The number of nitrogens with one attached hydrogen (secondary N) is 1. The highest BCUT2D eigenvalue weighted by atomic mass is 32.2. The Morgan fingerprint density at radius 1 is 1.14 bits per heavy atom. The number of nitrogens with zero attached hydrogens (tertiary/aromatic N) is 2. The van der Waals surface area contributed by atoms with Crippen LogP contribution in [0.25, 0.3) is 11.3 Å². The van der Waals surface area contributed by atoms with E-state index in [2.05, 4.69) is 10.3 Å². The monoisotopic (exact) mass is 421 g/mol. The third kappa shape index (κ3) is 4.61. The molecular formula is C20H27N3O3S2. The van der Waals surface area contributed by atoms with Gasteiger partial charge in [0.05, 0.1) is 10.6 Å². The molecule has 152 valence electrons. The molecule has 0 unspecified atom stereocenters. The molecule has 1 heterocycles. The molecule has 1 aromatic heterocycles. The SMILES string of the molecule is CCN(CC)S(=O)(=O)c1ccc(-c2csc(NC(=O)C3CCCCC3)n2)cc1. The average molecular weight is 422 g/mol. The van der Waals surface area contributed by atoms with E-state index in [9.17, 15) is 13.2 Å². The van der Waals surface area contributed by atoms with Crippen LogP contribution in [0.3, 0.4) is 0 Å². The number of aromatic nitrogens is 1. The third-order valence-electron chi connectivity index (χ3n) is 5.20. The maximum atomic E-state index is 12.6. The number of sulfonamides is 1. The van der Waals surface area contributed by atoms with Gasteiger partial charge in [-0.2, -0.15) is 4.31 Å². The molecule has 2 aromatic rings. The molecule has 1 aromatic carbocycles. The number of carbonyl (C=O) groups excluding carboxylic acids is 1. The third-order valence-corrected chi connectivity index (χ3v) is 8.03. The number of anilines is 1. The van der Waals surface area contributed by atoms with Gasteiger partial charge in [0.1, 0.15) is 0 Å². The Kier molecular flexibility index (Phi) is 6.85. The predicted octanol–water partition coefficient (Wildman–Crippen LogP) is 4.36. The largest absolute Gasteiger partial charge is 0.302 e. The number of amides is 1. The molecule has 0 atom stereocenters. The first-order valence-corrected chi connectivity index (χ1v) is 12.1. The van der Waals surface area contributed by atoms with Crippen molar-refractivity contribution in [1.82, 2.24) is 9.29 Å². The van der Waals surface area contributed by atoms with Crippen LogP contribution in [0.4, 0.5) is 5.13 Å². The normalized spacial score (nSPS) is 15.7. The highest BCUT2D eigenvalue weighted by molar-refractivity contribution is 7.89. The van der Waals surface area contributed by atoms with Crippen molar-refractivity contribution in [3.8, 4) is 11.3 Å². The molecule has 1 N–H and O–H groups in total. The van der Waals surface area contributed by atoms with Crippen molar-refractivity contribution >= 4 is 32.4 Å². The van der Waals surface area contributed by atoms with Crippen molar-refractivity contribution in [3.63, 3.8) is 0 Å². The van der Waals surface area contributed by atoms with Crippen LogP contribution >= 0.6 is 11.3 Å². The number of carbonyl (C=O) groups is 1. The van der Waals surface area contributed by atoms with Gasteiger partial charge in [0.25, 0.3) is 0 Å². The fraction of sp³-hybridized carbons (Fsp3) is 0.500. The Bertz CT molecular complexity index is 897. The molecule has 0 aliphatic heterocycles. The Morgan fingerprint density at radius 2 is 1.79 bits per heavy atom. The van der Waals surface area contributed by atoms with Crippen LogP contribution in [0.2, 0.25) is 0 Å². The molecule has 1 aliphatic carbocycles. The van der Waals surface area contributed by atoms with Crippen molar-refractivity contribution in [2.24, 2.45) is 5.92 Å². The first-order valence-electron chi connectivity index (χ1n) is 9.82. The van der Waals surface area contributed by atoms with E-state index in [1.807, 2.05) is 19.2 Å². The highest BCUT2D eigenvalue weighted by Crippen LogP contribution is 2.29. The zero-order valence-corrected chi connectivity index (χ0v) is 18.0. The molecule has 0 spiro atoms. The minimum absolute atomic E-state index is 0.0567. The van der Waals surface area contributed by atoms with E-state index in [4.69, 9.17) is 0 Å². The first-order chi connectivity index (χ1) is 13.5. The molecule has 0 radical (unpaired) electrons. The molecule has 1 saturated carbocycles. The van der Waals surface area contributed by atoms with Crippen LogP contribution in [0.15, 0.2) is 34.5 Å². The maximum absolute atomic E-state index is 12.6. The minimum atomic E-state index is -3.46. The van der Waals surface area contributed by atoms with Crippen molar-refractivity contribution in [1.29, 1.82) is 0 Å². The first kappa shape index (κ1) is 21.0. The summed E-state index contributed by atoms with van der Waals surface area (Å²) in [5.74, 6) is 0.145. The molecule has 8 heteroatoms. The van der Waals surface area contributed by atoms with Crippen molar-refractivity contribution < 1.29 is 13.2 Å². The van der Waals surface area contributed by atoms with Gasteiger partial charge in [-0.05, 0) is 25.0 Å². The minimum Gasteiger partial charge on any atom is -0.302 e. The zero-order valence-electron chi connectivity index (χ0n) is 16.3. The number of hydrogen-bond acceptors (Lipinski definition) is 5. The second kappa shape index (κ2) is 9.15. The van der Waals surface area contributed by atoms with E-state index in [-0.39, 0.29) is 16.7 Å². The Morgan fingerprint density at radius 3 is 2.39 bits per heavy atom. The maximum Gasteiger partial charge on any atom is 0.243 e. The summed E-state index contributed by atoms with van der Waals surface area (Å²) in [5, 5.41) is 5.40. The van der Waals surface area contributed by atoms with Gasteiger partial charge in [0.2, 0.25) is 15.9 Å². The summed E-state index contributed by atoms with van der Waals surface area (Å²) < 4.78 is 26.6. The van der Waals surface area contributed by atoms with Crippen LogP contribution in [0, 0.1) is 5.92 Å². The standard InChI is InChI=1S/C20H27N3O3S2/c1-3-23(4-2)28(25,26)17-12-10-15(11-13-17)18-14-27-20(21-18)22-19(24)16-8-6-5-7-9-16/h10-14,16H,3-9H2,1-2H3,(H,21,22,24). The van der Waals surface area contributed by atoms with Crippen LogP contribution in [-0.2, 0) is 14.8 Å². The lowest BCUT2D eigenvalue weighted by atomic mass is 9.89. The molecule has 1 aliphatic rings. The van der Waals surface area contributed by atoms with Gasteiger partial charge in [-0.15, -0.1) is 11.3 Å². The van der Waals surface area contributed by atoms with Gasteiger partial charge < -0.3 is 5.32 Å². The van der Waals surface area contributed by atoms with E-state index in [0.717, 1.165) is 36.9 Å². The van der Waals surface area contributed by atoms with E-state index in [0.29, 0.717) is 18.2 Å². The van der Waals surface area contributed by atoms with Crippen LogP contribution in [0.5, 0.6) is 0 Å². The number of hydrogen-bond donors (Lipinski definition) is 1. The van der Waals surface area contributed by atoms with E-state index >= 15 is 0 Å². The number of thiazole rings is 1. The molecule has 28 heavy (non-hydrogen) atoms. The smallest absolute Gasteiger partial charge is 0.243 e. The van der Waals surface area contributed by atoms with Crippen molar-refractivity contribution in [3.05, 3.63) is 29.6 Å². The van der Waals surface area contributed by atoms with Crippen LogP contribution in [-0.4, -0.2) is 36.7 Å². The summed E-state index contributed by atoms with van der Waals surface area (Å²) in [6.07, 6.45) is 5.35. The zero-order chi connectivity index (χ0) is 20.1. The van der Waals surface area contributed by atoms with Crippen LogP contribution < -0.4 is 5.32 Å². The summed E-state index contributed by atoms with van der Waals surface area (Å²) in [4.78, 5) is 17.2. The van der Waals surface area contributed by atoms with Gasteiger partial charge in [-0.3, -0.25) is 4.79 Å². The van der Waals surface area contributed by atoms with E-state index < -0.39 is 10.0 Å². The number of benzene rings is 1. The number of rotatable bonds is 7. The molecule has 3 rings (SSSR count). The summed E-state index contributed by atoms with van der Waals surface area (Å²) in [7, 11) is -3.46. The lowest BCUT2D eigenvalue weighted by Crippen LogP contribution is -2.30. The Balaban J connectivity index is 1.70. The van der Waals surface area contributed by atoms with Gasteiger partial charge in [-0.1, -0.05) is 45.2 Å². The van der Waals surface area contributed by atoms with E-state index in [1.54, 1.807) is 24.3 Å². The summed E-state index contributed by atoms with van der Waals surface area (Å²) in [5.41, 5.74) is 1.56. The fourth-order valence-corrected chi connectivity index (χ4v) is 5.73. The molecule has 0 bridgehead atoms. The quantitative estimate of drug-likeness (QED) is 0.720. The topological polar surface area (TPSA) is 79.4 Å². The van der Waals surface area contributed by atoms with Crippen LogP contribution in [0.1, 0.15) is 46.0 Å². The summed E-state index contributed by atoms with van der Waals surface area (Å²) >= 11 is 1.39. The van der Waals surface area contributed by atoms with Crippen molar-refractivity contribution in [2.45, 2.75) is 50.8 Å². The molecule has 1 fully saturated rings. The Hall–Kier alpha value is -1.77. The van der Waals surface area contributed by atoms with Crippen molar-refractivity contribution in [2.75, 3.05) is 18.4 Å². The van der Waals surface area contributed by atoms with Gasteiger partial charge in [0.15, 0.2) is 5.13 Å². The summed E-state index contributed by atoms with van der Waals surface area (Å²) in [6, 6.07) is 6.75. The molecule has 6 nitrogen and oxygen atoms in total. The fourth-order valence-electron chi connectivity index (χ4n) is 3.55. The second-order valence-electron chi connectivity index (χ2n) is 6.98. The summed E-state index contributed by atoms with van der Waals surface area (Å²) in [6.45, 7) is 4.54. The highest BCUT2D eigenvalue weighted by Gasteiger charge is 2.23. The molecule has 1 amide bonds. The lowest BCUT2D eigenvalue weighted by molar-refractivity contribution is -0.120. The Labute approximate surface area is 171 Å². The van der Waals surface area contributed by atoms with Gasteiger partial charge in [0, 0.05) is 30.0 Å². The predicted molar refractivity (Wildman–Crippen MR) is 113 cm³/mol. The second-order valence-corrected chi connectivity index (χ2v) is 9.77. The van der Waals surface area contributed by atoms with Gasteiger partial charge >= 0.3 is 0 Å².